The number of rotatable bonds is 1. The number of hydrogen-bond donors (Lipinski definition) is 0. The molecule has 1 atom stereocenters. The summed E-state index contributed by atoms with van der Waals surface area (Å²) in [6.45, 7) is 0. The van der Waals surface area contributed by atoms with Gasteiger partial charge >= 0.3 is 0 Å². The van der Waals surface area contributed by atoms with Gasteiger partial charge in [-0.15, -0.1) is 0 Å². The molecule has 1 heterocycles. The van der Waals surface area contributed by atoms with Crippen molar-refractivity contribution in [3.8, 4) is 0 Å². The Labute approximate surface area is 69.4 Å². The maximum atomic E-state index is 5.21. The fraction of sp³-hybridized carbons (Fsp3) is 0.125. The van der Waals surface area contributed by atoms with E-state index in [1.807, 2.05) is 30.3 Å². The van der Waals surface area contributed by atoms with Crippen molar-refractivity contribution in [3.05, 3.63) is 35.9 Å². The number of nitrogens with zero attached hydrogens (tertiary/aromatic N) is 1. The predicted molar refractivity (Wildman–Crippen MR) is 46.4 cm³/mol. The second-order valence-electron chi connectivity index (χ2n) is 2.19. The van der Waals surface area contributed by atoms with Crippen LogP contribution < -0.4 is 0 Å². The van der Waals surface area contributed by atoms with Gasteiger partial charge in [-0.3, -0.25) is 0 Å². The molecule has 56 valence electrons. The molecule has 1 unspecified atom stereocenters. The van der Waals surface area contributed by atoms with Gasteiger partial charge in [-0.1, -0.05) is 30.3 Å². The normalized spacial score (nSPS) is 21.6. The van der Waals surface area contributed by atoms with E-state index >= 15 is 0 Å². The van der Waals surface area contributed by atoms with E-state index in [-0.39, 0.29) is 5.44 Å². The van der Waals surface area contributed by atoms with Gasteiger partial charge in [0, 0.05) is 17.5 Å². The summed E-state index contributed by atoms with van der Waals surface area (Å²) in [5.41, 5.74) is 1.23. The minimum Gasteiger partial charge on any atom is -0.462 e. The van der Waals surface area contributed by atoms with Gasteiger partial charge in [-0.2, -0.15) is 4.40 Å². The van der Waals surface area contributed by atoms with Gasteiger partial charge in [0.2, 0.25) is 0 Å². The topological polar surface area (TPSA) is 21.6 Å². The largest absolute Gasteiger partial charge is 0.462 e. The average Bonchev–Trinajstić information content (AvgIpc) is 2.58. The zero-order valence-electron chi connectivity index (χ0n) is 5.81. The number of hydrogen-bond acceptors (Lipinski definition) is 3. The molecule has 1 aromatic rings. The first-order valence-corrected chi connectivity index (χ1v) is 4.18. The van der Waals surface area contributed by atoms with Crippen molar-refractivity contribution in [3.63, 3.8) is 0 Å². The second kappa shape index (κ2) is 2.96. The molecule has 1 aliphatic heterocycles. The van der Waals surface area contributed by atoms with E-state index in [0.29, 0.717) is 0 Å². The van der Waals surface area contributed by atoms with Crippen molar-refractivity contribution in [1.29, 1.82) is 0 Å². The quantitative estimate of drug-likeness (QED) is 0.596. The van der Waals surface area contributed by atoms with E-state index in [2.05, 4.69) is 4.40 Å². The molecule has 0 bridgehead atoms. The Morgan fingerprint density at radius 3 is 2.73 bits per heavy atom. The summed E-state index contributed by atoms with van der Waals surface area (Å²) in [4.78, 5) is 0. The molecule has 3 heteroatoms. The van der Waals surface area contributed by atoms with E-state index in [0.717, 1.165) is 5.56 Å². The molecule has 2 rings (SSSR count). The third-order valence-corrected chi connectivity index (χ3v) is 2.24. The van der Waals surface area contributed by atoms with Gasteiger partial charge in [0.15, 0.2) is 11.8 Å². The molecule has 0 aromatic heterocycles. The Morgan fingerprint density at radius 1 is 1.27 bits per heavy atom. The average molecular weight is 165 g/mol. The molecular formula is C8H7NOS. The molecule has 0 aliphatic carbocycles. The van der Waals surface area contributed by atoms with Crippen LogP contribution in [-0.2, 0) is 4.74 Å². The lowest BCUT2D eigenvalue weighted by Gasteiger charge is -2.05. The van der Waals surface area contributed by atoms with Crippen LogP contribution in [-0.4, -0.2) is 6.40 Å². The summed E-state index contributed by atoms with van der Waals surface area (Å²) in [5.74, 6) is 0. The van der Waals surface area contributed by atoms with Crippen molar-refractivity contribution < 1.29 is 4.74 Å². The first-order chi connectivity index (χ1) is 5.47. The lowest BCUT2D eigenvalue weighted by molar-refractivity contribution is 0.306. The van der Waals surface area contributed by atoms with E-state index < -0.39 is 0 Å². The lowest BCUT2D eigenvalue weighted by Crippen LogP contribution is -1.91. The zero-order valence-corrected chi connectivity index (χ0v) is 6.62. The van der Waals surface area contributed by atoms with Crippen molar-refractivity contribution in [1.82, 2.24) is 0 Å². The first-order valence-electron chi connectivity index (χ1n) is 3.35. The number of benzene rings is 1. The predicted octanol–water partition coefficient (Wildman–Crippen LogP) is 2.39. The standard InChI is InChI=1S/C8H7NOS/c1-2-4-7(5-3-1)8-10-6-9-11-8/h1-6,8H. The maximum absolute atomic E-state index is 5.21. The fourth-order valence-electron chi connectivity index (χ4n) is 0.935. The van der Waals surface area contributed by atoms with Crippen molar-refractivity contribution >= 4 is 18.3 Å². The molecular weight excluding hydrogens is 158 g/mol. The van der Waals surface area contributed by atoms with Crippen LogP contribution in [0, 0.1) is 0 Å². The monoisotopic (exact) mass is 165 g/mol. The smallest absolute Gasteiger partial charge is 0.191 e. The molecule has 0 spiro atoms. The lowest BCUT2D eigenvalue weighted by atomic mass is 10.2. The van der Waals surface area contributed by atoms with Crippen LogP contribution in [0.3, 0.4) is 0 Å². The molecule has 0 radical (unpaired) electrons. The summed E-state index contributed by atoms with van der Waals surface area (Å²) >= 11 is 1.44. The third kappa shape index (κ3) is 1.38. The number of ether oxygens (including phenoxy) is 1. The van der Waals surface area contributed by atoms with E-state index in [4.69, 9.17) is 4.74 Å². The molecule has 0 N–H and O–H groups in total. The molecule has 0 amide bonds. The van der Waals surface area contributed by atoms with Crippen LogP contribution in [0.1, 0.15) is 11.0 Å². The highest BCUT2D eigenvalue weighted by molar-refractivity contribution is 7.98. The van der Waals surface area contributed by atoms with Crippen molar-refractivity contribution in [2.45, 2.75) is 5.44 Å². The molecule has 0 saturated heterocycles. The minimum absolute atomic E-state index is 0.0659. The Hall–Kier alpha value is -0.960. The van der Waals surface area contributed by atoms with E-state index in [9.17, 15) is 0 Å². The molecule has 2 nitrogen and oxygen atoms in total. The van der Waals surface area contributed by atoms with Gasteiger partial charge in [0.25, 0.3) is 0 Å². The highest BCUT2D eigenvalue weighted by Gasteiger charge is 2.14. The van der Waals surface area contributed by atoms with Gasteiger partial charge in [0.05, 0.1) is 0 Å². The van der Waals surface area contributed by atoms with Crippen LogP contribution in [0.5, 0.6) is 0 Å². The Morgan fingerprint density at radius 2 is 2.09 bits per heavy atom. The minimum atomic E-state index is 0.0659. The van der Waals surface area contributed by atoms with Gasteiger partial charge < -0.3 is 4.74 Å². The fourth-order valence-corrected chi connectivity index (χ4v) is 1.52. The van der Waals surface area contributed by atoms with Crippen LogP contribution in [0.25, 0.3) is 0 Å². The van der Waals surface area contributed by atoms with Gasteiger partial charge in [0.1, 0.15) is 0 Å². The Bertz CT molecular complexity index is 252. The van der Waals surface area contributed by atoms with Gasteiger partial charge in [-0.25, -0.2) is 0 Å². The summed E-state index contributed by atoms with van der Waals surface area (Å²) in [5, 5.41) is 0. The highest BCUT2D eigenvalue weighted by atomic mass is 32.2. The summed E-state index contributed by atoms with van der Waals surface area (Å²) < 4.78 is 9.12. The SMILES string of the molecule is C1=NSC(c2ccccc2)O1. The highest BCUT2D eigenvalue weighted by Crippen LogP contribution is 2.33. The Kier molecular flexibility index (Phi) is 1.81. The first kappa shape index (κ1) is 6.73. The van der Waals surface area contributed by atoms with Crippen LogP contribution >= 0.6 is 11.9 Å². The summed E-state index contributed by atoms with van der Waals surface area (Å²) in [7, 11) is 0. The van der Waals surface area contributed by atoms with Crippen LogP contribution in [0.2, 0.25) is 0 Å². The molecule has 1 aliphatic rings. The van der Waals surface area contributed by atoms with Gasteiger partial charge in [-0.05, 0) is 0 Å². The third-order valence-electron chi connectivity index (χ3n) is 1.46. The maximum Gasteiger partial charge on any atom is 0.191 e. The van der Waals surface area contributed by atoms with Crippen LogP contribution in [0.15, 0.2) is 34.7 Å². The molecule has 0 saturated carbocycles. The summed E-state index contributed by atoms with van der Waals surface area (Å²) in [6, 6.07) is 10.1. The van der Waals surface area contributed by atoms with Crippen LogP contribution in [0.4, 0.5) is 0 Å². The Balaban J connectivity index is 2.17. The molecule has 11 heavy (non-hydrogen) atoms. The van der Waals surface area contributed by atoms with Crippen molar-refractivity contribution in [2.75, 3.05) is 0 Å². The van der Waals surface area contributed by atoms with E-state index in [1.165, 1.54) is 18.3 Å². The van der Waals surface area contributed by atoms with E-state index in [1.54, 1.807) is 0 Å². The molecule has 1 aromatic carbocycles. The zero-order chi connectivity index (χ0) is 7.52. The second-order valence-corrected chi connectivity index (χ2v) is 3.04. The van der Waals surface area contributed by atoms with Crippen molar-refractivity contribution in [2.24, 2.45) is 4.40 Å². The molecule has 0 fully saturated rings. The summed E-state index contributed by atoms with van der Waals surface area (Å²) in [6.07, 6.45) is 1.49.